The number of aryl methyl sites for hydroxylation is 1. The van der Waals surface area contributed by atoms with Crippen molar-refractivity contribution >= 4 is 62.5 Å². The van der Waals surface area contributed by atoms with Crippen LogP contribution in [0.2, 0.25) is 0 Å². The molecule has 4 rings (SSSR count). The van der Waals surface area contributed by atoms with Crippen LogP contribution in [0.15, 0.2) is 52.5 Å². The molecule has 2 aliphatic rings. The van der Waals surface area contributed by atoms with Gasteiger partial charge in [0.2, 0.25) is 0 Å². The number of nitrogens with zero attached hydrogens (tertiary/aromatic N) is 2. The van der Waals surface area contributed by atoms with Gasteiger partial charge < -0.3 is 9.64 Å². The van der Waals surface area contributed by atoms with Crippen molar-refractivity contribution in [2.45, 2.75) is 6.92 Å². The summed E-state index contributed by atoms with van der Waals surface area (Å²) in [6.45, 7) is 5.09. The molecule has 2 aliphatic heterocycles. The van der Waals surface area contributed by atoms with Crippen molar-refractivity contribution in [1.29, 1.82) is 0 Å². The third-order valence-corrected chi connectivity index (χ3v) is 5.93. The van der Waals surface area contributed by atoms with Gasteiger partial charge in [-0.05, 0) is 72.7 Å². The summed E-state index contributed by atoms with van der Waals surface area (Å²) in [5.41, 5.74) is 3.55. The second-order valence-electron chi connectivity index (χ2n) is 7.07. The van der Waals surface area contributed by atoms with E-state index < -0.39 is 11.8 Å². The number of thiocarbonyl (C=S) groups is 1. The second-order valence-corrected chi connectivity index (χ2v) is 8.38. The molecule has 2 heterocycles. The lowest BCUT2D eigenvalue weighted by Crippen LogP contribution is -2.54. The number of anilines is 2. The molecule has 8 heteroatoms. The smallest absolute Gasteiger partial charge is 0.270 e. The second kappa shape index (κ2) is 8.67. The number of carbonyl (C=O) groups excluding carboxylic acids is 2. The van der Waals surface area contributed by atoms with E-state index in [4.69, 9.17) is 17.0 Å². The zero-order valence-corrected chi connectivity index (χ0v) is 18.8. The molecular weight excluding hydrogens is 466 g/mol. The van der Waals surface area contributed by atoms with Crippen LogP contribution in [-0.2, 0) is 14.3 Å². The summed E-state index contributed by atoms with van der Waals surface area (Å²) in [5, 5.41) is 2.69. The highest BCUT2D eigenvalue weighted by molar-refractivity contribution is 9.10. The van der Waals surface area contributed by atoms with Gasteiger partial charge in [-0.15, -0.1) is 0 Å². The Kier molecular flexibility index (Phi) is 5.99. The van der Waals surface area contributed by atoms with Crippen LogP contribution in [-0.4, -0.2) is 43.2 Å². The highest BCUT2D eigenvalue weighted by Gasteiger charge is 2.34. The lowest BCUT2D eigenvalue weighted by molar-refractivity contribution is -0.122. The van der Waals surface area contributed by atoms with Gasteiger partial charge in [0.05, 0.1) is 18.9 Å². The number of morpholine rings is 1. The monoisotopic (exact) mass is 485 g/mol. The van der Waals surface area contributed by atoms with Gasteiger partial charge in [0.1, 0.15) is 5.57 Å². The Morgan fingerprint density at radius 2 is 1.73 bits per heavy atom. The minimum absolute atomic E-state index is 0.0498. The molecule has 2 saturated heterocycles. The molecule has 0 atom stereocenters. The van der Waals surface area contributed by atoms with Crippen LogP contribution in [0.25, 0.3) is 6.08 Å². The molecule has 0 bridgehead atoms. The highest BCUT2D eigenvalue weighted by Crippen LogP contribution is 2.26. The van der Waals surface area contributed by atoms with Crippen LogP contribution in [0.5, 0.6) is 0 Å². The quantitative estimate of drug-likeness (QED) is 0.410. The van der Waals surface area contributed by atoms with Crippen molar-refractivity contribution in [3.8, 4) is 0 Å². The molecule has 6 nitrogen and oxygen atoms in total. The molecule has 2 fully saturated rings. The van der Waals surface area contributed by atoms with Gasteiger partial charge in [-0.1, -0.05) is 22.0 Å². The topological polar surface area (TPSA) is 61.9 Å². The summed E-state index contributed by atoms with van der Waals surface area (Å²) in [6, 6.07) is 13.2. The van der Waals surface area contributed by atoms with Crippen molar-refractivity contribution in [2.75, 3.05) is 36.1 Å². The molecule has 0 spiro atoms. The standard InChI is InChI=1S/C22H20BrN3O3S/c1-14-12-18(25-8-10-29-11-9-25)5-2-15(14)13-19-20(27)24-22(30)26(21(19)28)17-6-3-16(23)4-7-17/h2-7,12-13H,8-11H2,1H3,(H,24,27,30)/b19-13+. The predicted molar refractivity (Wildman–Crippen MR) is 125 cm³/mol. The summed E-state index contributed by atoms with van der Waals surface area (Å²) in [4.78, 5) is 29.3. The normalized spacial score (nSPS) is 18.7. The van der Waals surface area contributed by atoms with Crippen LogP contribution in [0.4, 0.5) is 11.4 Å². The molecule has 0 aromatic heterocycles. The maximum atomic E-state index is 13.1. The first-order valence-corrected chi connectivity index (χ1v) is 10.7. The van der Waals surface area contributed by atoms with Crippen LogP contribution < -0.4 is 15.1 Å². The minimum Gasteiger partial charge on any atom is -0.378 e. The van der Waals surface area contributed by atoms with Gasteiger partial charge in [-0.3, -0.25) is 19.8 Å². The van der Waals surface area contributed by atoms with E-state index in [0.717, 1.165) is 34.4 Å². The zero-order valence-electron chi connectivity index (χ0n) is 16.4. The van der Waals surface area contributed by atoms with Crippen molar-refractivity contribution < 1.29 is 14.3 Å². The maximum Gasteiger partial charge on any atom is 0.270 e. The van der Waals surface area contributed by atoms with E-state index in [2.05, 4.69) is 32.2 Å². The Bertz CT molecular complexity index is 1050. The summed E-state index contributed by atoms with van der Waals surface area (Å²) in [6.07, 6.45) is 1.63. The number of nitrogens with one attached hydrogen (secondary N) is 1. The number of hydrogen-bond donors (Lipinski definition) is 1. The average Bonchev–Trinajstić information content (AvgIpc) is 2.74. The number of rotatable bonds is 3. The fraction of sp³-hybridized carbons (Fsp3) is 0.227. The molecule has 0 unspecified atom stereocenters. The average molecular weight is 486 g/mol. The van der Waals surface area contributed by atoms with Crippen molar-refractivity contribution in [2.24, 2.45) is 0 Å². The number of hydrogen-bond acceptors (Lipinski definition) is 5. The first kappa shape index (κ1) is 20.7. The van der Waals surface area contributed by atoms with E-state index in [9.17, 15) is 9.59 Å². The summed E-state index contributed by atoms with van der Waals surface area (Å²) < 4.78 is 6.30. The van der Waals surface area contributed by atoms with Gasteiger partial charge in [0.15, 0.2) is 5.11 Å². The number of amides is 2. The first-order valence-electron chi connectivity index (χ1n) is 9.54. The van der Waals surface area contributed by atoms with E-state index in [1.165, 1.54) is 4.90 Å². The molecule has 2 amide bonds. The predicted octanol–water partition coefficient (Wildman–Crippen LogP) is 3.43. The fourth-order valence-corrected chi connectivity index (χ4v) is 4.02. The number of benzene rings is 2. The van der Waals surface area contributed by atoms with Gasteiger partial charge in [-0.2, -0.15) is 0 Å². The summed E-state index contributed by atoms with van der Waals surface area (Å²) >= 11 is 8.63. The van der Waals surface area contributed by atoms with E-state index in [-0.39, 0.29) is 10.7 Å². The third-order valence-electron chi connectivity index (χ3n) is 5.12. The number of carbonyl (C=O) groups is 2. The van der Waals surface area contributed by atoms with Crippen molar-refractivity contribution in [3.63, 3.8) is 0 Å². The van der Waals surface area contributed by atoms with Crippen LogP contribution in [0, 0.1) is 6.92 Å². The Morgan fingerprint density at radius 3 is 2.40 bits per heavy atom. The molecule has 154 valence electrons. The zero-order chi connectivity index (χ0) is 21.3. The summed E-state index contributed by atoms with van der Waals surface area (Å²) in [7, 11) is 0. The first-order chi connectivity index (χ1) is 14.4. The van der Waals surface area contributed by atoms with Crippen LogP contribution in [0.1, 0.15) is 11.1 Å². The van der Waals surface area contributed by atoms with E-state index in [1.807, 2.05) is 31.2 Å². The minimum atomic E-state index is -0.491. The largest absolute Gasteiger partial charge is 0.378 e. The molecule has 30 heavy (non-hydrogen) atoms. The lowest BCUT2D eigenvalue weighted by Gasteiger charge is -2.30. The molecule has 1 N–H and O–H groups in total. The molecule has 2 aromatic rings. The molecular formula is C22H20BrN3O3S. The number of ether oxygens (including phenoxy) is 1. The Balaban J connectivity index is 1.64. The highest BCUT2D eigenvalue weighted by atomic mass is 79.9. The van der Waals surface area contributed by atoms with Crippen LogP contribution >= 0.6 is 28.1 Å². The number of halogens is 1. The Morgan fingerprint density at radius 1 is 1.07 bits per heavy atom. The van der Waals surface area contributed by atoms with Gasteiger partial charge >= 0.3 is 0 Å². The SMILES string of the molecule is Cc1cc(N2CCOCC2)ccc1/C=C1\C(=O)NC(=S)N(c2ccc(Br)cc2)C1=O. The van der Waals surface area contributed by atoms with Crippen LogP contribution in [0.3, 0.4) is 0 Å². The molecule has 0 aliphatic carbocycles. The van der Waals surface area contributed by atoms with Gasteiger partial charge in [-0.25, -0.2) is 0 Å². The molecule has 2 aromatic carbocycles. The lowest BCUT2D eigenvalue weighted by atomic mass is 10.0. The van der Waals surface area contributed by atoms with Gasteiger partial charge in [0, 0.05) is 23.2 Å². The Hall–Kier alpha value is -2.55. The maximum absolute atomic E-state index is 13.1. The molecule has 0 radical (unpaired) electrons. The fourth-order valence-electron chi connectivity index (χ4n) is 3.48. The van der Waals surface area contributed by atoms with Crippen molar-refractivity contribution in [3.05, 3.63) is 63.6 Å². The van der Waals surface area contributed by atoms with Gasteiger partial charge in [0.25, 0.3) is 11.8 Å². The molecule has 0 saturated carbocycles. The van der Waals surface area contributed by atoms with Crippen molar-refractivity contribution in [1.82, 2.24) is 5.32 Å². The van der Waals surface area contributed by atoms with E-state index in [1.54, 1.807) is 18.2 Å². The Labute approximate surface area is 188 Å². The summed E-state index contributed by atoms with van der Waals surface area (Å²) in [5.74, 6) is -0.933. The third kappa shape index (κ3) is 4.16. The van der Waals surface area contributed by atoms with E-state index in [0.29, 0.717) is 18.9 Å². The van der Waals surface area contributed by atoms with E-state index >= 15 is 0 Å².